The van der Waals surface area contributed by atoms with Crippen LogP contribution < -0.4 is 11.2 Å². The van der Waals surface area contributed by atoms with E-state index in [1.807, 2.05) is 4.98 Å². The zero-order chi connectivity index (χ0) is 19.7. The SMILES string of the molecule is COP(=O)(O)CO[C@H]1O[C@@H](n2ccc(=O)[nH]c2=O)[C@H](C)[C@@H]1OP(=O)(O)O. The standard InChI is InChI=1S/C11H18N2O11P2/c1-6-8(24-26(18,19)20)10(22-5-25(16,17)21-2)23-9(6)13-4-3-7(14)12-11(13)15/h3-4,6,8-10H,5H2,1-2H3,(H,16,17)(H,12,14,15)(H2,18,19,20)/t6-,8+,9-,10+/m1/s1. The maximum atomic E-state index is 11.9. The minimum absolute atomic E-state index is 0.644. The summed E-state index contributed by atoms with van der Waals surface area (Å²) in [6.45, 7) is 1.46. The molecule has 0 aromatic carbocycles. The molecule has 5 atom stereocenters. The van der Waals surface area contributed by atoms with Gasteiger partial charge in [-0.05, 0) is 0 Å². The minimum atomic E-state index is -4.97. The summed E-state index contributed by atoms with van der Waals surface area (Å²) in [5.74, 6) is -0.836. The first-order chi connectivity index (χ1) is 11.9. The molecule has 15 heteroatoms. The fourth-order valence-electron chi connectivity index (χ4n) is 2.35. The molecular weight excluding hydrogens is 398 g/mol. The fourth-order valence-corrected chi connectivity index (χ4v) is 3.40. The molecule has 0 radical (unpaired) electrons. The predicted octanol–water partition coefficient (Wildman–Crippen LogP) is -0.689. The first kappa shape index (κ1) is 21.2. The Labute approximate surface area is 146 Å². The third kappa shape index (κ3) is 5.19. The molecule has 1 saturated heterocycles. The second kappa shape index (κ2) is 7.85. The molecule has 1 aliphatic heterocycles. The lowest BCUT2D eigenvalue weighted by atomic mass is 10.1. The number of H-pyrrole nitrogens is 1. The van der Waals surface area contributed by atoms with Crippen LogP contribution in [0.5, 0.6) is 0 Å². The smallest absolute Gasteiger partial charge is 0.337 e. The molecule has 1 aliphatic rings. The van der Waals surface area contributed by atoms with Crippen LogP contribution in [-0.4, -0.2) is 50.1 Å². The number of aromatic nitrogens is 2. The Morgan fingerprint density at radius 1 is 1.31 bits per heavy atom. The molecule has 0 aliphatic carbocycles. The third-order valence-corrected chi connectivity index (χ3v) is 5.15. The van der Waals surface area contributed by atoms with Crippen LogP contribution in [0.15, 0.2) is 21.9 Å². The zero-order valence-corrected chi connectivity index (χ0v) is 15.4. The molecule has 1 aromatic heterocycles. The molecule has 26 heavy (non-hydrogen) atoms. The average Bonchev–Trinajstić information content (AvgIpc) is 2.81. The maximum Gasteiger partial charge on any atom is 0.470 e. The van der Waals surface area contributed by atoms with Crippen LogP contribution in [0, 0.1) is 5.92 Å². The number of hydrogen-bond donors (Lipinski definition) is 4. The maximum absolute atomic E-state index is 11.9. The van der Waals surface area contributed by atoms with Crippen molar-refractivity contribution in [2.45, 2.75) is 25.5 Å². The summed E-state index contributed by atoms with van der Waals surface area (Å²) in [5.41, 5.74) is -1.47. The second-order valence-corrected chi connectivity index (χ2v) is 8.54. The summed E-state index contributed by atoms with van der Waals surface area (Å²) < 4.78 is 43.2. The van der Waals surface area contributed by atoms with E-state index in [1.54, 1.807) is 0 Å². The van der Waals surface area contributed by atoms with E-state index in [2.05, 4.69) is 9.05 Å². The molecule has 0 amide bonds. The van der Waals surface area contributed by atoms with E-state index in [0.29, 0.717) is 0 Å². The van der Waals surface area contributed by atoms with Crippen LogP contribution in [-0.2, 0) is 27.7 Å². The lowest BCUT2D eigenvalue weighted by Crippen LogP contribution is -2.34. The van der Waals surface area contributed by atoms with Crippen LogP contribution in [0.25, 0.3) is 0 Å². The van der Waals surface area contributed by atoms with Gasteiger partial charge in [0.25, 0.3) is 5.56 Å². The van der Waals surface area contributed by atoms with Crippen molar-refractivity contribution in [3.8, 4) is 0 Å². The van der Waals surface area contributed by atoms with Crippen LogP contribution in [0.4, 0.5) is 0 Å². The van der Waals surface area contributed by atoms with Gasteiger partial charge in [-0.25, -0.2) is 9.36 Å². The molecule has 1 fully saturated rings. The lowest BCUT2D eigenvalue weighted by Gasteiger charge is -2.22. The van der Waals surface area contributed by atoms with Gasteiger partial charge in [0.05, 0.1) is 0 Å². The highest BCUT2D eigenvalue weighted by Gasteiger charge is 2.48. The normalized spacial score (nSPS) is 28.8. The molecule has 0 bridgehead atoms. The highest BCUT2D eigenvalue weighted by molar-refractivity contribution is 7.52. The average molecular weight is 416 g/mol. The number of hydrogen-bond acceptors (Lipinski definition) is 8. The minimum Gasteiger partial charge on any atom is -0.337 e. The van der Waals surface area contributed by atoms with Crippen molar-refractivity contribution in [2.75, 3.05) is 13.5 Å². The number of ether oxygens (including phenoxy) is 2. The molecule has 2 rings (SSSR count). The highest BCUT2D eigenvalue weighted by Crippen LogP contribution is 2.48. The molecule has 0 saturated carbocycles. The van der Waals surface area contributed by atoms with Gasteiger partial charge in [-0.2, -0.15) is 0 Å². The summed E-state index contributed by atoms with van der Waals surface area (Å²) in [7, 11) is -8.08. The van der Waals surface area contributed by atoms with E-state index >= 15 is 0 Å². The highest BCUT2D eigenvalue weighted by atomic mass is 31.2. The van der Waals surface area contributed by atoms with Crippen LogP contribution in [0.1, 0.15) is 13.2 Å². The van der Waals surface area contributed by atoms with Gasteiger partial charge in [-0.3, -0.25) is 23.4 Å². The first-order valence-corrected chi connectivity index (χ1v) is 10.4. The van der Waals surface area contributed by atoms with Crippen molar-refractivity contribution in [3.05, 3.63) is 33.1 Å². The van der Waals surface area contributed by atoms with Crippen molar-refractivity contribution < 1.29 is 42.3 Å². The monoisotopic (exact) mass is 416 g/mol. The Morgan fingerprint density at radius 3 is 2.50 bits per heavy atom. The van der Waals surface area contributed by atoms with E-state index in [-0.39, 0.29) is 0 Å². The van der Waals surface area contributed by atoms with Gasteiger partial charge in [-0.15, -0.1) is 0 Å². The van der Waals surface area contributed by atoms with E-state index in [9.17, 15) is 23.6 Å². The molecule has 0 spiro atoms. The zero-order valence-electron chi connectivity index (χ0n) is 13.6. The Kier molecular flexibility index (Phi) is 6.39. The molecule has 13 nitrogen and oxygen atoms in total. The number of nitrogens with zero attached hydrogens (tertiary/aromatic N) is 1. The largest absolute Gasteiger partial charge is 0.470 e. The number of phosphoric ester groups is 1. The number of nitrogens with one attached hydrogen (secondary N) is 1. The molecule has 2 heterocycles. The number of rotatable bonds is 7. The van der Waals surface area contributed by atoms with Crippen LogP contribution >= 0.6 is 15.4 Å². The summed E-state index contributed by atoms with van der Waals surface area (Å²) in [6.07, 6.45) is -3.70. The summed E-state index contributed by atoms with van der Waals surface area (Å²) in [4.78, 5) is 52.6. The lowest BCUT2D eigenvalue weighted by molar-refractivity contribution is -0.167. The van der Waals surface area contributed by atoms with Crippen LogP contribution in [0.2, 0.25) is 0 Å². The summed E-state index contributed by atoms with van der Waals surface area (Å²) in [5, 5.41) is 0. The van der Waals surface area contributed by atoms with Crippen molar-refractivity contribution in [3.63, 3.8) is 0 Å². The summed E-state index contributed by atoms with van der Waals surface area (Å²) >= 11 is 0. The molecule has 4 N–H and O–H groups in total. The molecule has 1 unspecified atom stereocenters. The number of phosphoric acid groups is 1. The summed E-state index contributed by atoms with van der Waals surface area (Å²) in [6, 6.07) is 1.05. The van der Waals surface area contributed by atoms with Crippen molar-refractivity contribution >= 4 is 15.4 Å². The molecule has 148 valence electrons. The van der Waals surface area contributed by atoms with Crippen LogP contribution in [0.3, 0.4) is 0 Å². The first-order valence-electron chi connectivity index (χ1n) is 7.13. The Balaban J connectivity index is 2.30. The molecular formula is C11H18N2O11P2. The third-order valence-electron chi connectivity index (χ3n) is 3.58. The van der Waals surface area contributed by atoms with E-state index in [0.717, 1.165) is 23.9 Å². The Bertz CT molecular complexity index is 845. The van der Waals surface area contributed by atoms with Crippen molar-refractivity contribution in [1.29, 1.82) is 0 Å². The van der Waals surface area contributed by atoms with Gasteiger partial charge in [0.1, 0.15) is 12.3 Å². The van der Waals surface area contributed by atoms with E-state index in [4.69, 9.17) is 19.3 Å². The second-order valence-electron chi connectivity index (χ2n) is 5.45. The van der Waals surface area contributed by atoms with Crippen molar-refractivity contribution in [1.82, 2.24) is 9.55 Å². The van der Waals surface area contributed by atoms with E-state index < -0.39 is 57.6 Å². The van der Waals surface area contributed by atoms with Gasteiger partial charge in [-0.1, -0.05) is 6.92 Å². The van der Waals surface area contributed by atoms with Gasteiger partial charge in [0.2, 0.25) is 0 Å². The fraction of sp³-hybridized carbons (Fsp3) is 0.636. The Hall–Kier alpha value is -1.14. The van der Waals surface area contributed by atoms with Gasteiger partial charge >= 0.3 is 21.1 Å². The molecule has 1 aromatic rings. The van der Waals surface area contributed by atoms with E-state index in [1.165, 1.54) is 6.92 Å². The van der Waals surface area contributed by atoms with Gasteiger partial charge < -0.3 is 28.7 Å². The number of aromatic amines is 1. The van der Waals surface area contributed by atoms with Crippen molar-refractivity contribution in [2.24, 2.45) is 5.92 Å². The predicted molar refractivity (Wildman–Crippen MR) is 84.1 cm³/mol. The van der Waals surface area contributed by atoms with Gasteiger partial charge in [0.15, 0.2) is 12.6 Å². The Morgan fingerprint density at radius 2 is 1.96 bits per heavy atom. The topological polar surface area (TPSA) is 187 Å². The quantitative estimate of drug-likeness (QED) is 0.412. The van der Waals surface area contributed by atoms with Gasteiger partial charge in [0, 0.05) is 25.3 Å².